The molecule has 0 radical (unpaired) electrons. The van der Waals surface area contributed by atoms with Crippen LogP contribution >= 0.6 is 0 Å². The van der Waals surface area contributed by atoms with Crippen molar-refractivity contribution in [2.75, 3.05) is 0 Å². The van der Waals surface area contributed by atoms with Gasteiger partial charge in [-0.15, -0.1) is 0 Å². The molecule has 2 aromatic heterocycles. The minimum absolute atomic E-state index is 0.173. The van der Waals surface area contributed by atoms with Gasteiger partial charge in [0.15, 0.2) is 0 Å². The van der Waals surface area contributed by atoms with E-state index in [4.69, 9.17) is 0 Å². The lowest BCUT2D eigenvalue weighted by Crippen LogP contribution is -2.20. The molecule has 3 rings (SSSR count). The standard InChI is InChI=1S/C15H19N5O/c1-3-20-7-6-16-14(20)9-17-10(2)11-4-5-12-13(8-11)19-15(21)18-12/h4-8,10,17H,3,9H2,1-2H3,(H2,18,19,21). The second kappa shape index (κ2) is 5.57. The van der Waals surface area contributed by atoms with Crippen LogP contribution in [0, 0.1) is 0 Å². The highest BCUT2D eigenvalue weighted by atomic mass is 16.1. The van der Waals surface area contributed by atoms with E-state index in [0.29, 0.717) is 6.54 Å². The molecule has 0 saturated carbocycles. The fourth-order valence-corrected chi connectivity index (χ4v) is 2.48. The van der Waals surface area contributed by atoms with Gasteiger partial charge in [-0.3, -0.25) is 0 Å². The van der Waals surface area contributed by atoms with E-state index in [1.165, 1.54) is 0 Å². The van der Waals surface area contributed by atoms with Gasteiger partial charge in [-0.25, -0.2) is 9.78 Å². The van der Waals surface area contributed by atoms with Gasteiger partial charge in [0.05, 0.1) is 17.6 Å². The Morgan fingerprint density at radius 2 is 2.14 bits per heavy atom. The van der Waals surface area contributed by atoms with E-state index in [1.54, 1.807) is 0 Å². The summed E-state index contributed by atoms with van der Waals surface area (Å²) in [5.74, 6) is 1.03. The Balaban J connectivity index is 1.74. The second-order valence-corrected chi connectivity index (χ2v) is 5.12. The maximum atomic E-state index is 11.3. The molecule has 0 spiro atoms. The first-order chi connectivity index (χ1) is 10.2. The summed E-state index contributed by atoms with van der Waals surface area (Å²) in [6.45, 7) is 5.83. The van der Waals surface area contributed by atoms with Crippen molar-refractivity contribution in [2.45, 2.75) is 33.0 Å². The SMILES string of the molecule is CCn1ccnc1CNC(C)c1ccc2[nH]c(=O)[nH]c2c1. The molecule has 1 unspecified atom stereocenters. The number of rotatable bonds is 5. The zero-order valence-electron chi connectivity index (χ0n) is 12.2. The lowest BCUT2D eigenvalue weighted by molar-refractivity contribution is 0.540. The van der Waals surface area contributed by atoms with Crippen molar-refractivity contribution in [1.82, 2.24) is 24.8 Å². The molecule has 0 fully saturated rings. The summed E-state index contributed by atoms with van der Waals surface area (Å²) < 4.78 is 2.12. The number of aromatic nitrogens is 4. The van der Waals surface area contributed by atoms with Crippen molar-refractivity contribution in [3.05, 3.63) is 52.5 Å². The molecule has 0 amide bonds. The van der Waals surface area contributed by atoms with Gasteiger partial charge in [-0.1, -0.05) is 6.07 Å². The van der Waals surface area contributed by atoms with Gasteiger partial charge in [-0.05, 0) is 31.5 Å². The summed E-state index contributed by atoms with van der Waals surface area (Å²) >= 11 is 0. The Morgan fingerprint density at radius 1 is 1.33 bits per heavy atom. The Morgan fingerprint density at radius 3 is 2.95 bits per heavy atom. The molecular formula is C15H19N5O. The molecule has 21 heavy (non-hydrogen) atoms. The van der Waals surface area contributed by atoms with E-state index in [0.717, 1.165) is 29.0 Å². The molecule has 0 aliphatic carbocycles. The first-order valence-electron chi connectivity index (χ1n) is 7.12. The molecule has 2 heterocycles. The first-order valence-corrected chi connectivity index (χ1v) is 7.12. The normalized spacial score (nSPS) is 12.9. The van der Waals surface area contributed by atoms with Crippen molar-refractivity contribution < 1.29 is 0 Å². The summed E-state index contributed by atoms with van der Waals surface area (Å²) in [6, 6.07) is 6.12. The fourth-order valence-electron chi connectivity index (χ4n) is 2.48. The smallest absolute Gasteiger partial charge is 0.323 e. The number of H-pyrrole nitrogens is 2. The molecule has 110 valence electrons. The lowest BCUT2D eigenvalue weighted by atomic mass is 10.1. The van der Waals surface area contributed by atoms with Gasteiger partial charge in [0.25, 0.3) is 0 Å². The van der Waals surface area contributed by atoms with Crippen LogP contribution in [0.2, 0.25) is 0 Å². The van der Waals surface area contributed by atoms with Gasteiger partial charge in [0, 0.05) is 25.0 Å². The predicted octanol–water partition coefficient (Wildman–Crippen LogP) is 1.92. The van der Waals surface area contributed by atoms with Crippen LogP contribution in [0.3, 0.4) is 0 Å². The third-order valence-electron chi connectivity index (χ3n) is 3.75. The van der Waals surface area contributed by atoms with Crippen molar-refractivity contribution in [3.63, 3.8) is 0 Å². The van der Waals surface area contributed by atoms with Crippen LogP contribution < -0.4 is 11.0 Å². The molecule has 6 nitrogen and oxygen atoms in total. The maximum Gasteiger partial charge on any atom is 0.323 e. The van der Waals surface area contributed by atoms with E-state index < -0.39 is 0 Å². The molecule has 1 atom stereocenters. The average Bonchev–Trinajstić information content (AvgIpc) is 3.08. The largest absolute Gasteiger partial charge is 0.334 e. The Kier molecular flexibility index (Phi) is 3.62. The van der Waals surface area contributed by atoms with Crippen molar-refractivity contribution in [1.29, 1.82) is 0 Å². The maximum absolute atomic E-state index is 11.3. The third kappa shape index (κ3) is 2.75. The number of hydrogen-bond donors (Lipinski definition) is 3. The predicted molar refractivity (Wildman–Crippen MR) is 82.1 cm³/mol. The summed E-state index contributed by atoms with van der Waals surface area (Å²) in [5, 5.41) is 3.46. The van der Waals surface area contributed by atoms with E-state index in [-0.39, 0.29) is 11.7 Å². The molecule has 0 aliphatic rings. The number of fused-ring (bicyclic) bond motifs is 1. The van der Waals surface area contributed by atoms with Crippen LogP contribution in [0.15, 0.2) is 35.4 Å². The molecule has 0 aliphatic heterocycles. The molecule has 1 aromatic carbocycles. The Bertz CT molecular complexity index is 798. The molecular weight excluding hydrogens is 266 g/mol. The number of imidazole rings is 2. The Hall–Kier alpha value is -2.34. The van der Waals surface area contributed by atoms with Gasteiger partial charge < -0.3 is 19.9 Å². The number of aromatic amines is 2. The van der Waals surface area contributed by atoms with Gasteiger partial charge in [0.2, 0.25) is 0 Å². The zero-order valence-corrected chi connectivity index (χ0v) is 12.2. The third-order valence-corrected chi connectivity index (χ3v) is 3.75. The number of aryl methyl sites for hydroxylation is 1. The highest BCUT2D eigenvalue weighted by Crippen LogP contribution is 2.17. The van der Waals surface area contributed by atoms with Crippen LogP contribution in [-0.4, -0.2) is 19.5 Å². The molecule has 0 saturated heterocycles. The van der Waals surface area contributed by atoms with Gasteiger partial charge in [0.1, 0.15) is 5.82 Å². The molecule has 0 bridgehead atoms. The van der Waals surface area contributed by atoms with E-state index in [2.05, 4.69) is 38.7 Å². The van der Waals surface area contributed by atoms with E-state index in [1.807, 2.05) is 30.6 Å². The first kappa shape index (κ1) is 13.6. The molecule has 6 heteroatoms. The van der Waals surface area contributed by atoms with Crippen LogP contribution in [0.5, 0.6) is 0 Å². The topological polar surface area (TPSA) is 78.5 Å². The summed E-state index contributed by atoms with van der Waals surface area (Å²) in [4.78, 5) is 21.2. The van der Waals surface area contributed by atoms with Crippen LogP contribution in [-0.2, 0) is 13.1 Å². The number of nitrogens with zero attached hydrogens (tertiary/aromatic N) is 2. The summed E-state index contributed by atoms with van der Waals surface area (Å²) in [5.41, 5.74) is 2.62. The minimum atomic E-state index is -0.173. The summed E-state index contributed by atoms with van der Waals surface area (Å²) in [6.07, 6.45) is 3.81. The summed E-state index contributed by atoms with van der Waals surface area (Å²) in [7, 11) is 0. The average molecular weight is 285 g/mol. The van der Waals surface area contributed by atoms with Crippen LogP contribution in [0.1, 0.15) is 31.3 Å². The van der Waals surface area contributed by atoms with E-state index in [9.17, 15) is 4.79 Å². The fraction of sp³-hybridized carbons (Fsp3) is 0.333. The van der Waals surface area contributed by atoms with Crippen molar-refractivity contribution in [3.8, 4) is 0 Å². The van der Waals surface area contributed by atoms with Gasteiger partial charge in [-0.2, -0.15) is 0 Å². The number of benzene rings is 1. The molecule has 3 aromatic rings. The zero-order chi connectivity index (χ0) is 14.8. The lowest BCUT2D eigenvalue weighted by Gasteiger charge is -2.14. The number of hydrogen-bond acceptors (Lipinski definition) is 3. The highest BCUT2D eigenvalue weighted by Gasteiger charge is 2.09. The van der Waals surface area contributed by atoms with Crippen molar-refractivity contribution in [2.24, 2.45) is 0 Å². The van der Waals surface area contributed by atoms with Gasteiger partial charge >= 0.3 is 5.69 Å². The molecule has 3 N–H and O–H groups in total. The van der Waals surface area contributed by atoms with Crippen molar-refractivity contribution >= 4 is 11.0 Å². The minimum Gasteiger partial charge on any atom is -0.334 e. The monoisotopic (exact) mass is 285 g/mol. The highest BCUT2D eigenvalue weighted by molar-refractivity contribution is 5.75. The second-order valence-electron chi connectivity index (χ2n) is 5.12. The van der Waals surface area contributed by atoms with Crippen LogP contribution in [0.4, 0.5) is 0 Å². The quantitative estimate of drug-likeness (QED) is 0.670. The van der Waals surface area contributed by atoms with Crippen LogP contribution in [0.25, 0.3) is 11.0 Å². The number of nitrogens with one attached hydrogen (secondary N) is 3. The Labute approximate surface area is 122 Å². The van der Waals surface area contributed by atoms with E-state index >= 15 is 0 Å².